The lowest BCUT2D eigenvalue weighted by Gasteiger charge is -2.11. The molecular weight excluding hydrogens is 276 g/mol. The summed E-state index contributed by atoms with van der Waals surface area (Å²) in [7, 11) is 4.13. The molecule has 0 amide bonds. The van der Waals surface area contributed by atoms with Crippen LogP contribution in [0.25, 0.3) is 16.9 Å². The summed E-state index contributed by atoms with van der Waals surface area (Å²) in [6.45, 7) is 1.37. The molecule has 0 atom stereocenters. The molecule has 1 aliphatic heterocycles. The maximum Gasteiger partial charge on any atom is 0.159 e. The van der Waals surface area contributed by atoms with Gasteiger partial charge in [-0.05, 0) is 11.6 Å². The Hall–Kier alpha value is -2.60. The Labute approximate surface area is 128 Å². The summed E-state index contributed by atoms with van der Waals surface area (Å²) in [5.74, 6) is 1.08. The minimum absolute atomic E-state index is 0.530. The monoisotopic (exact) mass is 294 g/mol. The maximum absolute atomic E-state index is 5.73. The van der Waals surface area contributed by atoms with Crippen LogP contribution in [0.2, 0.25) is 0 Å². The van der Waals surface area contributed by atoms with Gasteiger partial charge in [0.25, 0.3) is 0 Å². The van der Waals surface area contributed by atoms with Crippen molar-refractivity contribution >= 4 is 17.2 Å². The van der Waals surface area contributed by atoms with Crippen molar-refractivity contribution < 1.29 is 0 Å². The molecule has 2 N–H and O–H groups in total. The summed E-state index contributed by atoms with van der Waals surface area (Å²) in [4.78, 5) is 8.88. The second-order valence-corrected chi connectivity index (χ2v) is 5.71. The molecule has 1 aromatic carbocycles. The molecule has 0 saturated carbocycles. The highest BCUT2D eigenvalue weighted by molar-refractivity contribution is 5.75. The van der Waals surface area contributed by atoms with Gasteiger partial charge in [-0.1, -0.05) is 18.2 Å². The lowest BCUT2D eigenvalue weighted by atomic mass is 10.1. The zero-order valence-corrected chi connectivity index (χ0v) is 12.7. The highest BCUT2D eigenvalue weighted by Gasteiger charge is 2.25. The number of anilines is 2. The quantitative estimate of drug-likeness (QED) is 0.779. The molecule has 0 saturated heterocycles. The second kappa shape index (κ2) is 4.71. The van der Waals surface area contributed by atoms with E-state index < -0.39 is 0 Å². The number of hydrogen-bond acceptors (Lipinski definition) is 5. The molecule has 3 heterocycles. The highest BCUT2D eigenvalue weighted by Crippen LogP contribution is 2.34. The SMILES string of the molecule is CN1CN(C)c2c1cnc1cc(-c3cccc(CN)c3)nn21. The average molecular weight is 294 g/mol. The van der Waals surface area contributed by atoms with E-state index in [0.29, 0.717) is 6.54 Å². The fourth-order valence-electron chi connectivity index (χ4n) is 3.00. The normalized spacial score (nSPS) is 14.0. The van der Waals surface area contributed by atoms with E-state index in [1.165, 1.54) is 0 Å². The van der Waals surface area contributed by atoms with Gasteiger partial charge in [0.2, 0.25) is 0 Å². The number of rotatable bonds is 2. The Bertz CT molecular complexity index is 853. The van der Waals surface area contributed by atoms with Crippen molar-refractivity contribution in [2.24, 2.45) is 5.73 Å². The van der Waals surface area contributed by atoms with E-state index in [4.69, 9.17) is 10.8 Å². The van der Waals surface area contributed by atoms with Gasteiger partial charge in [-0.2, -0.15) is 9.61 Å². The summed E-state index contributed by atoms with van der Waals surface area (Å²) in [6.07, 6.45) is 1.91. The summed E-state index contributed by atoms with van der Waals surface area (Å²) >= 11 is 0. The maximum atomic E-state index is 5.73. The summed E-state index contributed by atoms with van der Waals surface area (Å²) < 4.78 is 1.92. The standard InChI is InChI=1S/C16H18N6/c1-20-10-21(2)16-14(20)9-18-15-7-13(19-22(15)16)12-5-3-4-11(6-12)8-17/h3-7,9H,8,10,17H2,1-2H3. The molecular formula is C16H18N6. The molecule has 0 spiro atoms. The van der Waals surface area contributed by atoms with Crippen LogP contribution in [0.3, 0.4) is 0 Å². The van der Waals surface area contributed by atoms with Gasteiger partial charge in [-0.25, -0.2) is 4.98 Å². The topological polar surface area (TPSA) is 62.7 Å². The van der Waals surface area contributed by atoms with E-state index >= 15 is 0 Å². The molecule has 3 aromatic rings. The number of aromatic nitrogens is 3. The van der Waals surface area contributed by atoms with Crippen LogP contribution in [0.15, 0.2) is 36.5 Å². The molecule has 6 nitrogen and oxygen atoms in total. The van der Waals surface area contributed by atoms with Gasteiger partial charge in [-0.3, -0.25) is 0 Å². The first kappa shape index (κ1) is 13.1. The fourth-order valence-corrected chi connectivity index (χ4v) is 3.00. The highest BCUT2D eigenvalue weighted by atomic mass is 15.4. The molecule has 112 valence electrons. The summed E-state index contributed by atoms with van der Waals surface area (Å²) in [6, 6.07) is 10.2. The number of nitrogens with zero attached hydrogens (tertiary/aromatic N) is 5. The van der Waals surface area contributed by atoms with Gasteiger partial charge in [0.05, 0.1) is 24.2 Å². The lowest BCUT2D eigenvalue weighted by Crippen LogP contribution is -2.24. The fraction of sp³-hybridized carbons (Fsp3) is 0.250. The molecule has 4 rings (SSSR count). The third kappa shape index (κ3) is 1.84. The minimum Gasteiger partial charge on any atom is -0.353 e. The van der Waals surface area contributed by atoms with Crippen molar-refractivity contribution in [2.45, 2.75) is 6.54 Å². The molecule has 1 aliphatic rings. The van der Waals surface area contributed by atoms with E-state index in [1.54, 1.807) is 0 Å². The van der Waals surface area contributed by atoms with Gasteiger partial charge in [0, 0.05) is 32.3 Å². The van der Waals surface area contributed by atoms with Crippen molar-refractivity contribution in [3.8, 4) is 11.3 Å². The number of fused-ring (bicyclic) bond motifs is 3. The van der Waals surface area contributed by atoms with Crippen LogP contribution < -0.4 is 15.5 Å². The molecule has 0 aliphatic carbocycles. The predicted molar refractivity (Wildman–Crippen MR) is 88.0 cm³/mol. The van der Waals surface area contributed by atoms with Gasteiger partial charge >= 0.3 is 0 Å². The van der Waals surface area contributed by atoms with Crippen molar-refractivity contribution in [1.82, 2.24) is 14.6 Å². The first-order valence-corrected chi connectivity index (χ1v) is 7.28. The van der Waals surface area contributed by atoms with Gasteiger partial charge in [0.15, 0.2) is 11.5 Å². The van der Waals surface area contributed by atoms with E-state index in [9.17, 15) is 0 Å². The Kier molecular flexibility index (Phi) is 2.80. The van der Waals surface area contributed by atoms with E-state index in [-0.39, 0.29) is 0 Å². The number of nitrogens with two attached hydrogens (primary N) is 1. The first-order chi connectivity index (χ1) is 10.7. The molecule has 0 bridgehead atoms. The molecule has 6 heteroatoms. The number of hydrogen-bond donors (Lipinski definition) is 1. The largest absolute Gasteiger partial charge is 0.353 e. The minimum atomic E-state index is 0.530. The van der Waals surface area contributed by atoms with Crippen molar-refractivity contribution in [3.05, 3.63) is 42.1 Å². The van der Waals surface area contributed by atoms with Gasteiger partial charge in [0.1, 0.15) is 0 Å². The lowest BCUT2D eigenvalue weighted by molar-refractivity contribution is 0.873. The Balaban J connectivity index is 1.90. The van der Waals surface area contributed by atoms with Crippen molar-refractivity contribution in [3.63, 3.8) is 0 Å². The van der Waals surface area contributed by atoms with Crippen LogP contribution in [-0.4, -0.2) is 35.4 Å². The van der Waals surface area contributed by atoms with Crippen LogP contribution in [-0.2, 0) is 6.54 Å². The second-order valence-electron chi connectivity index (χ2n) is 5.71. The third-order valence-corrected chi connectivity index (χ3v) is 4.09. The van der Waals surface area contributed by atoms with E-state index in [2.05, 4.69) is 41.0 Å². The molecule has 0 fully saturated rings. The van der Waals surface area contributed by atoms with Gasteiger partial charge in [-0.15, -0.1) is 0 Å². The molecule has 22 heavy (non-hydrogen) atoms. The predicted octanol–water partition coefficient (Wildman–Crippen LogP) is 1.70. The summed E-state index contributed by atoms with van der Waals surface area (Å²) in [5, 5.41) is 4.76. The van der Waals surface area contributed by atoms with E-state index in [0.717, 1.165) is 40.6 Å². The average Bonchev–Trinajstić information content (AvgIpc) is 3.08. The van der Waals surface area contributed by atoms with Crippen LogP contribution >= 0.6 is 0 Å². The Morgan fingerprint density at radius 3 is 2.86 bits per heavy atom. The van der Waals surface area contributed by atoms with Crippen molar-refractivity contribution in [1.29, 1.82) is 0 Å². The van der Waals surface area contributed by atoms with Crippen LogP contribution in [0.4, 0.5) is 11.5 Å². The number of benzene rings is 1. The van der Waals surface area contributed by atoms with Crippen LogP contribution in [0, 0.1) is 0 Å². The summed E-state index contributed by atoms with van der Waals surface area (Å²) in [5.41, 5.74) is 10.8. The van der Waals surface area contributed by atoms with Crippen LogP contribution in [0.1, 0.15) is 5.56 Å². The third-order valence-electron chi connectivity index (χ3n) is 4.09. The molecule has 2 aromatic heterocycles. The first-order valence-electron chi connectivity index (χ1n) is 7.28. The Morgan fingerprint density at radius 2 is 2.05 bits per heavy atom. The zero-order valence-electron chi connectivity index (χ0n) is 12.7. The smallest absolute Gasteiger partial charge is 0.159 e. The van der Waals surface area contributed by atoms with Crippen molar-refractivity contribution in [2.75, 3.05) is 30.6 Å². The zero-order chi connectivity index (χ0) is 15.3. The Morgan fingerprint density at radius 1 is 1.18 bits per heavy atom. The molecule has 0 unspecified atom stereocenters. The van der Waals surface area contributed by atoms with Gasteiger partial charge < -0.3 is 15.5 Å². The molecule has 0 radical (unpaired) electrons. The van der Waals surface area contributed by atoms with Crippen LogP contribution in [0.5, 0.6) is 0 Å². The van der Waals surface area contributed by atoms with E-state index in [1.807, 2.05) is 28.9 Å².